The molecule has 1 aliphatic heterocycles. The van der Waals surface area contributed by atoms with Gasteiger partial charge in [-0.3, -0.25) is 4.79 Å². The van der Waals surface area contributed by atoms with E-state index in [1.54, 1.807) is 61.6 Å². The molecule has 6 nitrogen and oxygen atoms in total. The van der Waals surface area contributed by atoms with Crippen molar-refractivity contribution in [3.05, 3.63) is 83.7 Å². The van der Waals surface area contributed by atoms with Crippen LogP contribution in [0.2, 0.25) is 0 Å². The Hall–Kier alpha value is -3.87. The lowest BCUT2D eigenvalue weighted by molar-refractivity contribution is 0.0963. The van der Waals surface area contributed by atoms with Crippen LogP contribution in [0.15, 0.2) is 66.7 Å². The Balaban J connectivity index is 1.55. The van der Waals surface area contributed by atoms with E-state index in [1.165, 1.54) is 0 Å². The third kappa shape index (κ3) is 3.82. The number of urea groups is 1. The second-order valence-corrected chi connectivity index (χ2v) is 6.90. The molecule has 3 aromatic carbocycles. The summed E-state index contributed by atoms with van der Waals surface area (Å²) in [6.07, 6.45) is 0.501. The molecule has 1 aliphatic rings. The van der Waals surface area contributed by atoms with Crippen LogP contribution in [0.4, 0.5) is 31.9 Å². The molecule has 0 fully saturated rings. The number of nitrogens with zero attached hydrogens (tertiary/aromatic N) is 1. The van der Waals surface area contributed by atoms with Gasteiger partial charge in [0.15, 0.2) is 5.82 Å². The molecule has 0 unspecified atom stereocenters. The maximum atomic E-state index is 15.1. The lowest BCUT2D eigenvalue weighted by Crippen LogP contribution is -2.20. The molecule has 3 amide bonds. The number of hydrogen-bond donors (Lipinski definition) is 3. The molecule has 0 atom stereocenters. The minimum atomic E-state index is -0.506. The van der Waals surface area contributed by atoms with Crippen molar-refractivity contribution < 1.29 is 14.0 Å². The number of carbonyl (C=O) groups is 2. The lowest BCUT2D eigenvalue weighted by Gasteiger charge is -2.20. The summed E-state index contributed by atoms with van der Waals surface area (Å²) < 4.78 is 15.1. The number of fused-ring (bicyclic) bond motifs is 1. The van der Waals surface area contributed by atoms with Crippen LogP contribution < -0.4 is 20.9 Å². The van der Waals surface area contributed by atoms with Gasteiger partial charge in [-0.05, 0) is 48.9 Å². The van der Waals surface area contributed by atoms with Crippen molar-refractivity contribution in [2.45, 2.75) is 6.42 Å². The van der Waals surface area contributed by atoms with Crippen LogP contribution in [0.3, 0.4) is 0 Å². The Bertz CT molecular complexity index is 1100. The summed E-state index contributed by atoms with van der Waals surface area (Å²) in [4.78, 5) is 26.1. The zero-order valence-electron chi connectivity index (χ0n) is 16.4. The SMILES string of the molecule is CNC(=O)c1cccc(N2CCc3c2ccc(NC(=O)Nc2ccccc2)c3F)c1. The quantitative estimate of drug-likeness (QED) is 0.598. The van der Waals surface area contributed by atoms with Crippen molar-refractivity contribution in [3.63, 3.8) is 0 Å². The summed E-state index contributed by atoms with van der Waals surface area (Å²) in [5.74, 6) is -0.618. The molecule has 0 aromatic heterocycles. The first-order valence-electron chi connectivity index (χ1n) is 9.61. The summed E-state index contributed by atoms with van der Waals surface area (Å²) in [5.41, 5.74) is 3.38. The highest BCUT2D eigenvalue weighted by atomic mass is 19.1. The summed E-state index contributed by atoms with van der Waals surface area (Å²) in [7, 11) is 1.58. The van der Waals surface area contributed by atoms with Crippen molar-refractivity contribution in [3.8, 4) is 0 Å². The number of hydrogen-bond acceptors (Lipinski definition) is 3. The summed E-state index contributed by atoms with van der Waals surface area (Å²) in [5, 5.41) is 7.86. The second kappa shape index (κ2) is 8.24. The highest BCUT2D eigenvalue weighted by molar-refractivity contribution is 6.00. The Morgan fingerprint density at radius 3 is 2.53 bits per heavy atom. The highest BCUT2D eigenvalue weighted by Crippen LogP contribution is 2.38. The van der Waals surface area contributed by atoms with Crippen molar-refractivity contribution in [2.24, 2.45) is 0 Å². The molecule has 1 heterocycles. The first-order chi connectivity index (χ1) is 14.6. The van der Waals surface area contributed by atoms with Crippen LogP contribution >= 0.6 is 0 Å². The van der Waals surface area contributed by atoms with E-state index in [9.17, 15) is 9.59 Å². The standard InChI is InChI=1S/C23H21FN4O2/c1-25-22(29)15-6-5-9-17(14-15)28-13-12-18-20(28)11-10-19(21(18)24)27-23(30)26-16-7-3-2-4-8-16/h2-11,14H,12-13H2,1H3,(H,25,29)(H2,26,27,30). The predicted molar refractivity (Wildman–Crippen MR) is 116 cm³/mol. The normalized spacial score (nSPS) is 12.3. The first kappa shape index (κ1) is 19.4. The first-order valence-corrected chi connectivity index (χ1v) is 9.61. The van der Waals surface area contributed by atoms with Crippen molar-refractivity contribution in [1.82, 2.24) is 5.32 Å². The van der Waals surface area contributed by atoms with E-state index in [4.69, 9.17) is 0 Å². The molecule has 3 N–H and O–H groups in total. The number of para-hydroxylation sites is 1. The zero-order valence-corrected chi connectivity index (χ0v) is 16.4. The fourth-order valence-corrected chi connectivity index (χ4v) is 3.58. The Morgan fingerprint density at radius 1 is 0.967 bits per heavy atom. The topological polar surface area (TPSA) is 73.5 Å². The lowest BCUT2D eigenvalue weighted by atomic mass is 10.1. The summed E-state index contributed by atoms with van der Waals surface area (Å²) in [6, 6.07) is 19.0. The molecule has 30 heavy (non-hydrogen) atoms. The third-order valence-corrected chi connectivity index (χ3v) is 5.02. The second-order valence-electron chi connectivity index (χ2n) is 6.90. The van der Waals surface area contributed by atoms with Crippen molar-refractivity contribution in [2.75, 3.05) is 29.1 Å². The van der Waals surface area contributed by atoms with Crippen molar-refractivity contribution in [1.29, 1.82) is 0 Å². The molecular weight excluding hydrogens is 383 g/mol. The van der Waals surface area contributed by atoms with Crippen molar-refractivity contribution >= 4 is 34.7 Å². The van der Waals surface area contributed by atoms with E-state index in [0.29, 0.717) is 29.8 Å². The Labute approximate surface area is 173 Å². The largest absolute Gasteiger partial charge is 0.355 e. The number of halogens is 1. The Morgan fingerprint density at radius 2 is 1.77 bits per heavy atom. The van der Waals surface area contributed by atoms with Gasteiger partial charge < -0.3 is 20.9 Å². The zero-order chi connectivity index (χ0) is 21.1. The Kier molecular flexibility index (Phi) is 5.34. The average molecular weight is 404 g/mol. The van der Waals surface area contributed by atoms with Gasteiger partial charge in [0.05, 0.1) is 5.69 Å². The summed E-state index contributed by atoms with van der Waals surface area (Å²) >= 11 is 0. The molecule has 152 valence electrons. The third-order valence-electron chi connectivity index (χ3n) is 5.02. The van der Waals surface area contributed by atoms with Gasteiger partial charge in [0.25, 0.3) is 5.91 Å². The molecule has 0 radical (unpaired) electrons. The number of nitrogens with one attached hydrogen (secondary N) is 3. The maximum absolute atomic E-state index is 15.1. The van der Waals surface area contributed by atoms with Gasteiger partial charge in [-0.25, -0.2) is 9.18 Å². The van der Waals surface area contributed by atoms with Crippen LogP contribution in [-0.4, -0.2) is 25.5 Å². The van der Waals surface area contributed by atoms with E-state index < -0.39 is 11.8 Å². The molecule has 4 rings (SSSR count). The van der Waals surface area contributed by atoms with Gasteiger partial charge in [0, 0.05) is 41.8 Å². The van der Waals surface area contributed by atoms with Gasteiger partial charge in [0.2, 0.25) is 0 Å². The fraction of sp³-hybridized carbons (Fsp3) is 0.130. The van der Waals surface area contributed by atoms with Crippen LogP contribution in [0.25, 0.3) is 0 Å². The van der Waals surface area contributed by atoms with Crippen LogP contribution in [-0.2, 0) is 6.42 Å². The molecule has 0 bridgehead atoms. The number of anilines is 4. The molecule has 0 saturated carbocycles. The number of carbonyl (C=O) groups excluding carboxylic acids is 2. The minimum Gasteiger partial charge on any atom is -0.355 e. The van der Waals surface area contributed by atoms with E-state index in [1.807, 2.05) is 17.0 Å². The molecule has 7 heteroatoms. The molecule has 0 aliphatic carbocycles. The average Bonchev–Trinajstić information content (AvgIpc) is 3.21. The van der Waals surface area contributed by atoms with Gasteiger partial charge in [-0.15, -0.1) is 0 Å². The van der Waals surface area contributed by atoms with Crippen LogP contribution in [0, 0.1) is 5.82 Å². The van der Waals surface area contributed by atoms with Gasteiger partial charge in [0.1, 0.15) is 0 Å². The van der Waals surface area contributed by atoms with Crippen LogP contribution in [0.1, 0.15) is 15.9 Å². The predicted octanol–water partition coefficient (Wildman–Crippen LogP) is 4.52. The molecule has 0 spiro atoms. The van der Waals surface area contributed by atoms with Gasteiger partial charge >= 0.3 is 6.03 Å². The van der Waals surface area contributed by atoms with Crippen LogP contribution in [0.5, 0.6) is 0 Å². The minimum absolute atomic E-state index is 0.128. The monoisotopic (exact) mass is 404 g/mol. The molecule has 3 aromatic rings. The number of rotatable bonds is 4. The van der Waals surface area contributed by atoms with Gasteiger partial charge in [-0.2, -0.15) is 0 Å². The van der Waals surface area contributed by atoms with E-state index in [-0.39, 0.29) is 11.6 Å². The highest BCUT2D eigenvalue weighted by Gasteiger charge is 2.26. The van der Waals surface area contributed by atoms with E-state index in [2.05, 4.69) is 16.0 Å². The molecular formula is C23H21FN4O2. The summed E-state index contributed by atoms with van der Waals surface area (Å²) in [6.45, 7) is 0.586. The molecule has 0 saturated heterocycles. The smallest absolute Gasteiger partial charge is 0.323 e. The number of amides is 3. The van der Waals surface area contributed by atoms with E-state index >= 15 is 4.39 Å². The maximum Gasteiger partial charge on any atom is 0.323 e. The number of benzene rings is 3. The fourth-order valence-electron chi connectivity index (χ4n) is 3.58. The van der Waals surface area contributed by atoms with Gasteiger partial charge in [-0.1, -0.05) is 24.3 Å². The van der Waals surface area contributed by atoms with E-state index in [0.717, 1.165) is 11.4 Å².